The molecule has 0 aromatic heterocycles. The third-order valence-electron chi connectivity index (χ3n) is 4.41. The normalized spacial score (nSPS) is 19.2. The molecule has 0 spiro atoms. The van der Waals surface area contributed by atoms with Crippen molar-refractivity contribution in [3.63, 3.8) is 0 Å². The van der Waals surface area contributed by atoms with E-state index in [0.29, 0.717) is 5.56 Å². The number of nitrogens with zero attached hydrogens (tertiary/aromatic N) is 1. The Morgan fingerprint density at radius 2 is 1.89 bits per heavy atom. The lowest BCUT2D eigenvalue weighted by Crippen LogP contribution is -2.42. The van der Waals surface area contributed by atoms with E-state index >= 15 is 0 Å². The van der Waals surface area contributed by atoms with Crippen molar-refractivity contribution < 1.29 is 18.8 Å². The number of carbonyl (C=O) groups is 3. The molecule has 2 aromatic carbocycles. The Hall–Kier alpha value is -2.93. The Morgan fingerprint density at radius 3 is 2.52 bits per heavy atom. The zero-order chi connectivity index (χ0) is 19.8. The van der Waals surface area contributed by atoms with Crippen LogP contribution >= 0.6 is 11.6 Å². The van der Waals surface area contributed by atoms with Crippen LogP contribution in [0.5, 0.6) is 0 Å². The highest BCUT2D eigenvalue weighted by molar-refractivity contribution is 6.30. The Kier molecular flexibility index (Phi) is 4.89. The van der Waals surface area contributed by atoms with Crippen LogP contribution in [0.3, 0.4) is 0 Å². The highest BCUT2D eigenvalue weighted by Gasteiger charge is 2.49. The fraction of sp³-hybridized carbons (Fsp3) is 0.211. The Labute approximate surface area is 160 Å². The van der Waals surface area contributed by atoms with Crippen molar-refractivity contribution in [2.75, 3.05) is 11.9 Å². The number of carbonyl (C=O) groups excluding carboxylic acids is 3. The molecule has 8 heteroatoms. The van der Waals surface area contributed by atoms with Crippen molar-refractivity contribution >= 4 is 35.1 Å². The molecule has 0 aliphatic carbocycles. The molecule has 1 aliphatic rings. The van der Waals surface area contributed by atoms with E-state index < -0.39 is 35.7 Å². The van der Waals surface area contributed by atoms with Crippen molar-refractivity contribution in [2.24, 2.45) is 0 Å². The number of amides is 4. The second-order valence-electron chi connectivity index (χ2n) is 6.48. The first-order valence-corrected chi connectivity index (χ1v) is 8.54. The van der Waals surface area contributed by atoms with Crippen LogP contribution in [0, 0.1) is 12.7 Å². The summed E-state index contributed by atoms with van der Waals surface area (Å²) in [4.78, 5) is 38.1. The van der Waals surface area contributed by atoms with E-state index in [1.165, 1.54) is 12.1 Å². The van der Waals surface area contributed by atoms with E-state index in [1.807, 2.05) is 19.1 Å². The van der Waals surface area contributed by atoms with Gasteiger partial charge >= 0.3 is 6.03 Å². The molecular formula is C19H17ClFN3O3. The summed E-state index contributed by atoms with van der Waals surface area (Å²) in [6.07, 6.45) is 0. The number of anilines is 1. The van der Waals surface area contributed by atoms with Gasteiger partial charge in [-0.05, 0) is 37.6 Å². The SMILES string of the molecule is Cc1ccc([C@@]2(C)NC(=O)N(CC(=O)Nc3ccc(Cl)cc3F)C2=O)cc1. The van der Waals surface area contributed by atoms with Crippen molar-refractivity contribution in [1.82, 2.24) is 10.2 Å². The molecule has 6 nitrogen and oxygen atoms in total. The van der Waals surface area contributed by atoms with Gasteiger partial charge in [0.05, 0.1) is 5.69 Å². The Balaban J connectivity index is 1.75. The minimum atomic E-state index is -1.27. The first-order valence-electron chi connectivity index (χ1n) is 8.17. The van der Waals surface area contributed by atoms with Gasteiger partial charge in [-0.25, -0.2) is 9.18 Å². The summed E-state index contributed by atoms with van der Waals surface area (Å²) in [5.74, 6) is -1.96. The fourth-order valence-electron chi connectivity index (χ4n) is 2.85. The molecule has 0 saturated carbocycles. The van der Waals surface area contributed by atoms with Gasteiger partial charge in [0.25, 0.3) is 5.91 Å². The first-order chi connectivity index (χ1) is 12.7. The van der Waals surface area contributed by atoms with Crippen molar-refractivity contribution in [2.45, 2.75) is 19.4 Å². The minimum Gasteiger partial charge on any atom is -0.322 e. The molecule has 3 rings (SSSR count). The van der Waals surface area contributed by atoms with Gasteiger partial charge < -0.3 is 10.6 Å². The van der Waals surface area contributed by atoms with Gasteiger partial charge in [-0.3, -0.25) is 14.5 Å². The maximum absolute atomic E-state index is 13.8. The molecule has 2 N–H and O–H groups in total. The summed E-state index contributed by atoms with van der Waals surface area (Å²) in [5.41, 5.74) is 0.271. The predicted octanol–water partition coefficient (Wildman–Crippen LogP) is 3.19. The van der Waals surface area contributed by atoms with Crippen LogP contribution in [0.1, 0.15) is 18.1 Å². The number of aryl methyl sites for hydroxylation is 1. The largest absolute Gasteiger partial charge is 0.325 e. The van der Waals surface area contributed by atoms with Gasteiger partial charge in [-0.2, -0.15) is 0 Å². The highest BCUT2D eigenvalue weighted by atomic mass is 35.5. The highest BCUT2D eigenvalue weighted by Crippen LogP contribution is 2.29. The number of hydrogen-bond donors (Lipinski definition) is 2. The van der Waals surface area contributed by atoms with Crippen LogP contribution in [0.4, 0.5) is 14.9 Å². The Bertz CT molecular complexity index is 932. The van der Waals surface area contributed by atoms with Crippen LogP contribution in [-0.2, 0) is 15.1 Å². The topological polar surface area (TPSA) is 78.5 Å². The summed E-state index contributed by atoms with van der Waals surface area (Å²) in [7, 11) is 0. The smallest absolute Gasteiger partial charge is 0.322 e. The van der Waals surface area contributed by atoms with E-state index in [4.69, 9.17) is 11.6 Å². The van der Waals surface area contributed by atoms with Crippen molar-refractivity contribution in [3.8, 4) is 0 Å². The summed E-state index contributed by atoms with van der Waals surface area (Å²) in [5, 5.41) is 5.14. The third-order valence-corrected chi connectivity index (χ3v) is 4.65. The van der Waals surface area contributed by atoms with Crippen LogP contribution in [0.15, 0.2) is 42.5 Å². The molecule has 0 bridgehead atoms. The average molecular weight is 390 g/mol. The van der Waals surface area contributed by atoms with E-state index in [9.17, 15) is 18.8 Å². The predicted molar refractivity (Wildman–Crippen MR) is 98.8 cm³/mol. The van der Waals surface area contributed by atoms with Crippen molar-refractivity contribution in [3.05, 3.63) is 64.4 Å². The molecule has 1 aliphatic heterocycles. The maximum Gasteiger partial charge on any atom is 0.325 e. The number of urea groups is 1. The molecule has 140 valence electrons. The molecule has 1 atom stereocenters. The lowest BCUT2D eigenvalue weighted by molar-refractivity contribution is -0.133. The monoisotopic (exact) mass is 389 g/mol. The fourth-order valence-corrected chi connectivity index (χ4v) is 3.01. The maximum atomic E-state index is 13.8. The average Bonchev–Trinajstić information content (AvgIpc) is 2.82. The van der Waals surface area contributed by atoms with E-state index in [0.717, 1.165) is 16.5 Å². The Morgan fingerprint density at radius 1 is 1.22 bits per heavy atom. The number of benzene rings is 2. The first kappa shape index (κ1) is 18.8. The molecule has 1 fully saturated rings. The number of rotatable bonds is 4. The molecule has 0 radical (unpaired) electrons. The number of imide groups is 1. The second kappa shape index (κ2) is 7.00. The van der Waals surface area contributed by atoms with Crippen LogP contribution in [0.2, 0.25) is 5.02 Å². The summed E-state index contributed by atoms with van der Waals surface area (Å²) in [6.45, 7) is 2.95. The lowest BCUT2D eigenvalue weighted by atomic mass is 9.91. The number of nitrogens with one attached hydrogen (secondary N) is 2. The zero-order valence-electron chi connectivity index (χ0n) is 14.7. The van der Waals surface area contributed by atoms with Gasteiger partial charge in [0, 0.05) is 5.02 Å². The van der Waals surface area contributed by atoms with Crippen molar-refractivity contribution in [1.29, 1.82) is 0 Å². The van der Waals surface area contributed by atoms with Crippen LogP contribution < -0.4 is 10.6 Å². The number of halogens is 2. The minimum absolute atomic E-state index is 0.0854. The summed E-state index contributed by atoms with van der Waals surface area (Å²) in [6, 6.07) is 10.3. The van der Waals surface area contributed by atoms with Crippen LogP contribution in [0.25, 0.3) is 0 Å². The van der Waals surface area contributed by atoms with Gasteiger partial charge in [-0.1, -0.05) is 41.4 Å². The van der Waals surface area contributed by atoms with E-state index in [1.54, 1.807) is 19.1 Å². The van der Waals surface area contributed by atoms with Crippen LogP contribution in [-0.4, -0.2) is 29.3 Å². The van der Waals surface area contributed by atoms with Gasteiger partial charge in [0.1, 0.15) is 17.9 Å². The van der Waals surface area contributed by atoms with E-state index in [-0.39, 0.29) is 10.7 Å². The standard InChI is InChI=1S/C19H17ClFN3O3/c1-11-3-5-12(6-4-11)19(2)17(26)24(18(27)23-19)10-16(25)22-15-8-7-13(20)9-14(15)21/h3-9H,10H2,1-2H3,(H,22,25)(H,23,27)/t19-/m1/s1. The summed E-state index contributed by atoms with van der Waals surface area (Å²) >= 11 is 5.67. The molecule has 2 aromatic rings. The van der Waals surface area contributed by atoms with Gasteiger partial charge in [0.15, 0.2) is 0 Å². The molecule has 4 amide bonds. The van der Waals surface area contributed by atoms with E-state index in [2.05, 4.69) is 10.6 Å². The molecule has 0 unspecified atom stereocenters. The molecule has 27 heavy (non-hydrogen) atoms. The molecule has 1 saturated heterocycles. The van der Waals surface area contributed by atoms with Gasteiger partial charge in [-0.15, -0.1) is 0 Å². The summed E-state index contributed by atoms with van der Waals surface area (Å²) < 4.78 is 13.8. The lowest BCUT2D eigenvalue weighted by Gasteiger charge is -2.22. The van der Waals surface area contributed by atoms with Gasteiger partial charge in [0.2, 0.25) is 5.91 Å². The molecule has 1 heterocycles. The quantitative estimate of drug-likeness (QED) is 0.788. The molecular weight excluding hydrogens is 373 g/mol. The second-order valence-corrected chi connectivity index (χ2v) is 6.92. The third kappa shape index (κ3) is 3.64. The zero-order valence-corrected chi connectivity index (χ0v) is 15.4. The number of hydrogen-bond acceptors (Lipinski definition) is 3.